The third-order valence-corrected chi connectivity index (χ3v) is 5.89. The van der Waals surface area contributed by atoms with Crippen molar-refractivity contribution in [3.8, 4) is 23.1 Å². The highest BCUT2D eigenvalue weighted by Crippen LogP contribution is 2.25. The smallest absolute Gasteiger partial charge is 0.267 e. The van der Waals surface area contributed by atoms with E-state index in [2.05, 4.69) is 4.98 Å². The molecule has 0 unspecified atom stereocenters. The second-order valence-corrected chi connectivity index (χ2v) is 9.01. The lowest BCUT2D eigenvalue weighted by atomic mass is 10.1. The average molecular weight is 412 g/mol. The Hall–Kier alpha value is -2.89. The minimum atomic E-state index is -3.87. The van der Waals surface area contributed by atoms with E-state index >= 15 is 0 Å². The van der Waals surface area contributed by atoms with Crippen molar-refractivity contribution in [2.45, 2.75) is 16.8 Å². The van der Waals surface area contributed by atoms with Crippen LogP contribution in [0.1, 0.15) is 11.1 Å². The number of aromatic nitrogens is 2. The summed E-state index contributed by atoms with van der Waals surface area (Å²) in [4.78, 5) is 18.4. The summed E-state index contributed by atoms with van der Waals surface area (Å²) < 4.78 is 25.6. The SMILES string of the molecule is CSc1ccc(-c2nc(S(C)(=O)=O)c(C#N)c(=O)n2-c2ccc(C)cc2)cc1. The maximum Gasteiger partial charge on any atom is 0.277 e. The quantitative estimate of drug-likeness (QED) is 0.483. The zero-order valence-electron chi connectivity index (χ0n) is 15.5. The molecule has 0 aliphatic rings. The Morgan fingerprint density at radius 3 is 2.18 bits per heavy atom. The molecule has 0 fully saturated rings. The molecule has 28 heavy (non-hydrogen) atoms. The van der Waals surface area contributed by atoms with Gasteiger partial charge in [0.1, 0.15) is 11.9 Å². The van der Waals surface area contributed by atoms with Crippen LogP contribution in [0.4, 0.5) is 0 Å². The van der Waals surface area contributed by atoms with Gasteiger partial charge < -0.3 is 0 Å². The van der Waals surface area contributed by atoms with Crippen LogP contribution in [0.3, 0.4) is 0 Å². The number of hydrogen-bond acceptors (Lipinski definition) is 6. The molecule has 1 heterocycles. The fourth-order valence-electron chi connectivity index (χ4n) is 2.73. The van der Waals surface area contributed by atoms with Crippen LogP contribution in [0.2, 0.25) is 0 Å². The molecule has 3 aromatic rings. The zero-order chi connectivity index (χ0) is 20.5. The Labute approximate surface area is 167 Å². The van der Waals surface area contributed by atoms with E-state index in [0.717, 1.165) is 16.7 Å². The molecule has 142 valence electrons. The van der Waals surface area contributed by atoms with Crippen molar-refractivity contribution in [3.05, 3.63) is 70.0 Å². The fraction of sp³-hybridized carbons (Fsp3) is 0.150. The second-order valence-electron chi connectivity index (χ2n) is 6.20. The van der Waals surface area contributed by atoms with Crippen molar-refractivity contribution in [1.82, 2.24) is 9.55 Å². The number of nitrogens with zero attached hydrogens (tertiary/aromatic N) is 3. The Kier molecular flexibility index (Phi) is 5.40. The second kappa shape index (κ2) is 7.62. The molecule has 2 aromatic carbocycles. The number of sulfone groups is 1. The number of aryl methyl sites for hydroxylation is 1. The summed E-state index contributed by atoms with van der Waals surface area (Å²) in [6.07, 6.45) is 2.88. The molecule has 1 aromatic heterocycles. The monoisotopic (exact) mass is 411 g/mol. The highest BCUT2D eigenvalue weighted by atomic mass is 32.2. The predicted octanol–water partition coefficient (Wildman–Crippen LogP) is 3.21. The van der Waals surface area contributed by atoms with Gasteiger partial charge in [0.25, 0.3) is 5.56 Å². The van der Waals surface area contributed by atoms with E-state index in [4.69, 9.17) is 0 Å². The molecule has 0 saturated heterocycles. The van der Waals surface area contributed by atoms with Crippen molar-refractivity contribution in [1.29, 1.82) is 5.26 Å². The van der Waals surface area contributed by atoms with Crippen molar-refractivity contribution in [3.63, 3.8) is 0 Å². The molecule has 0 aliphatic heterocycles. The van der Waals surface area contributed by atoms with Gasteiger partial charge in [-0.25, -0.2) is 13.4 Å². The van der Waals surface area contributed by atoms with Gasteiger partial charge in [-0.2, -0.15) is 5.26 Å². The van der Waals surface area contributed by atoms with Crippen LogP contribution in [0.25, 0.3) is 17.1 Å². The molecule has 0 aliphatic carbocycles. The van der Waals surface area contributed by atoms with E-state index < -0.39 is 26.0 Å². The van der Waals surface area contributed by atoms with Gasteiger partial charge in [-0.3, -0.25) is 9.36 Å². The Balaban J connectivity index is 2.43. The molecular formula is C20H17N3O3S2. The maximum absolute atomic E-state index is 13.1. The van der Waals surface area contributed by atoms with E-state index in [9.17, 15) is 18.5 Å². The summed E-state index contributed by atoms with van der Waals surface area (Å²) in [5, 5.41) is 8.93. The molecule has 0 radical (unpaired) electrons. The van der Waals surface area contributed by atoms with Crippen molar-refractivity contribution in [2.24, 2.45) is 0 Å². The minimum Gasteiger partial charge on any atom is -0.267 e. The van der Waals surface area contributed by atoms with Crippen molar-refractivity contribution >= 4 is 21.6 Å². The summed E-state index contributed by atoms with van der Waals surface area (Å²) >= 11 is 1.56. The first-order valence-electron chi connectivity index (χ1n) is 8.25. The van der Waals surface area contributed by atoms with Crippen LogP contribution in [0.15, 0.2) is 63.2 Å². The van der Waals surface area contributed by atoms with E-state index in [1.165, 1.54) is 4.57 Å². The summed E-state index contributed by atoms with van der Waals surface area (Å²) in [7, 11) is -3.87. The average Bonchev–Trinajstić information content (AvgIpc) is 2.67. The summed E-state index contributed by atoms with van der Waals surface area (Å²) in [5.74, 6) is 0.168. The van der Waals surface area contributed by atoms with Crippen LogP contribution < -0.4 is 5.56 Å². The standard InChI is InChI=1S/C20H17N3O3S2/c1-13-4-8-15(9-5-13)23-18(14-6-10-16(27-2)11-7-14)22-19(28(3,25)26)17(12-21)20(23)24/h4-11H,1-3H3. The van der Waals surface area contributed by atoms with E-state index in [-0.39, 0.29) is 5.82 Å². The highest BCUT2D eigenvalue weighted by molar-refractivity contribution is 7.98. The van der Waals surface area contributed by atoms with Gasteiger partial charge in [0.15, 0.2) is 20.4 Å². The highest BCUT2D eigenvalue weighted by Gasteiger charge is 2.24. The third kappa shape index (κ3) is 3.72. The van der Waals surface area contributed by atoms with Gasteiger partial charge in [0.05, 0.1) is 5.69 Å². The summed E-state index contributed by atoms with van der Waals surface area (Å²) in [5.41, 5.74) is 0.871. The van der Waals surface area contributed by atoms with E-state index in [1.807, 2.05) is 37.4 Å². The fourth-order valence-corrected chi connectivity index (χ4v) is 3.90. The number of hydrogen-bond donors (Lipinski definition) is 0. The maximum atomic E-state index is 13.1. The van der Waals surface area contributed by atoms with Crippen LogP contribution in [0, 0.1) is 18.3 Å². The number of benzene rings is 2. The predicted molar refractivity (Wildman–Crippen MR) is 110 cm³/mol. The lowest BCUT2D eigenvalue weighted by Gasteiger charge is -2.15. The van der Waals surface area contributed by atoms with Gasteiger partial charge >= 0.3 is 0 Å². The minimum absolute atomic E-state index is 0.168. The first-order valence-corrected chi connectivity index (χ1v) is 11.4. The van der Waals surface area contributed by atoms with Crippen molar-refractivity contribution < 1.29 is 8.42 Å². The molecule has 3 rings (SSSR count). The molecule has 0 spiro atoms. The van der Waals surface area contributed by atoms with Crippen LogP contribution >= 0.6 is 11.8 Å². The largest absolute Gasteiger partial charge is 0.277 e. The van der Waals surface area contributed by atoms with E-state index in [0.29, 0.717) is 11.3 Å². The van der Waals surface area contributed by atoms with Crippen LogP contribution in [-0.2, 0) is 9.84 Å². The summed E-state index contributed by atoms with van der Waals surface area (Å²) in [6, 6.07) is 16.1. The topological polar surface area (TPSA) is 92.8 Å². The Bertz CT molecular complexity index is 1240. The molecule has 8 heteroatoms. The van der Waals surface area contributed by atoms with Crippen molar-refractivity contribution in [2.75, 3.05) is 12.5 Å². The third-order valence-electron chi connectivity index (χ3n) is 4.15. The molecular weight excluding hydrogens is 394 g/mol. The molecule has 0 amide bonds. The van der Waals surface area contributed by atoms with E-state index in [1.54, 1.807) is 42.1 Å². The normalized spacial score (nSPS) is 11.2. The number of nitriles is 1. The van der Waals surface area contributed by atoms with Gasteiger partial charge in [0, 0.05) is 16.7 Å². The van der Waals surface area contributed by atoms with Gasteiger partial charge in [0.2, 0.25) is 0 Å². The first kappa shape index (κ1) is 19.9. The molecule has 0 bridgehead atoms. The van der Waals surface area contributed by atoms with Gasteiger partial charge in [-0.1, -0.05) is 29.8 Å². The number of thioether (sulfide) groups is 1. The molecule has 0 atom stereocenters. The van der Waals surface area contributed by atoms with Gasteiger partial charge in [-0.15, -0.1) is 11.8 Å². The lowest BCUT2D eigenvalue weighted by Crippen LogP contribution is -2.27. The molecule has 0 saturated carbocycles. The molecule has 0 N–H and O–H groups in total. The lowest BCUT2D eigenvalue weighted by molar-refractivity contribution is 0.596. The first-order chi connectivity index (χ1) is 13.3. The van der Waals surface area contributed by atoms with Gasteiger partial charge in [-0.05, 0) is 37.4 Å². The molecule has 6 nitrogen and oxygen atoms in total. The Morgan fingerprint density at radius 1 is 1.07 bits per heavy atom. The van der Waals surface area contributed by atoms with Crippen LogP contribution in [-0.4, -0.2) is 30.5 Å². The summed E-state index contributed by atoms with van der Waals surface area (Å²) in [6.45, 7) is 1.92. The Morgan fingerprint density at radius 2 is 1.68 bits per heavy atom. The number of rotatable bonds is 4. The van der Waals surface area contributed by atoms with Crippen LogP contribution in [0.5, 0.6) is 0 Å². The zero-order valence-corrected chi connectivity index (χ0v) is 17.1.